The molecule has 0 radical (unpaired) electrons. The number of benzene rings is 3. The SMILES string of the molecule is COc1ccc(Cl)cc1NC(=O)C(C)OC(=O)C=Cc1ccc(OCc2ccc(Cl)cc2)cc1. The number of ether oxygens (including phenoxy) is 3. The van der Waals surface area contributed by atoms with Gasteiger partial charge in [0.05, 0.1) is 12.8 Å². The first-order valence-electron chi connectivity index (χ1n) is 10.3. The molecule has 8 heteroatoms. The van der Waals surface area contributed by atoms with Crippen LogP contribution in [0.5, 0.6) is 11.5 Å². The second kappa shape index (κ2) is 12.1. The summed E-state index contributed by atoms with van der Waals surface area (Å²) in [6.07, 6.45) is 1.83. The van der Waals surface area contributed by atoms with Gasteiger partial charge in [0.25, 0.3) is 5.91 Å². The number of carbonyl (C=O) groups excluding carboxylic acids is 2. The van der Waals surface area contributed by atoms with E-state index in [2.05, 4.69) is 5.32 Å². The van der Waals surface area contributed by atoms with E-state index in [1.807, 2.05) is 36.4 Å². The monoisotopic (exact) mass is 499 g/mol. The molecule has 0 aromatic heterocycles. The molecule has 1 unspecified atom stereocenters. The molecule has 1 amide bonds. The zero-order chi connectivity index (χ0) is 24.5. The van der Waals surface area contributed by atoms with Gasteiger partial charge < -0.3 is 19.5 Å². The molecular weight excluding hydrogens is 477 g/mol. The molecule has 0 fully saturated rings. The predicted molar refractivity (Wildman–Crippen MR) is 133 cm³/mol. The van der Waals surface area contributed by atoms with Crippen LogP contribution < -0.4 is 14.8 Å². The number of hydrogen-bond acceptors (Lipinski definition) is 5. The lowest BCUT2D eigenvalue weighted by molar-refractivity contribution is -0.148. The van der Waals surface area contributed by atoms with Crippen molar-refractivity contribution < 1.29 is 23.8 Å². The van der Waals surface area contributed by atoms with Crippen molar-refractivity contribution in [2.45, 2.75) is 19.6 Å². The summed E-state index contributed by atoms with van der Waals surface area (Å²) >= 11 is 11.8. The topological polar surface area (TPSA) is 73.9 Å². The molecule has 1 atom stereocenters. The summed E-state index contributed by atoms with van der Waals surface area (Å²) in [7, 11) is 1.48. The summed E-state index contributed by atoms with van der Waals surface area (Å²) in [6, 6.07) is 19.5. The number of hydrogen-bond donors (Lipinski definition) is 1. The lowest BCUT2D eigenvalue weighted by Crippen LogP contribution is -2.29. The average Bonchev–Trinajstić information content (AvgIpc) is 2.83. The Hall–Kier alpha value is -3.48. The summed E-state index contributed by atoms with van der Waals surface area (Å²) in [6.45, 7) is 1.89. The van der Waals surface area contributed by atoms with Gasteiger partial charge in [-0.1, -0.05) is 47.5 Å². The first-order valence-corrected chi connectivity index (χ1v) is 11.1. The molecule has 0 bridgehead atoms. The first-order chi connectivity index (χ1) is 16.3. The maximum atomic E-state index is 12.4. The molecule has 3 rings (SSSR count). The van der Waals surface area contributed by atoms with E-state index >= 15 is 0 Å². The fourth-order valence-electron chi connectivity index (χ4n) is 2.87. The number of carbonyl (C=O) groups is 2. The van der Waals surface area contributed by atoms with Crippen molar-refractivity contribution in [1.29, 1.82) is 0 Å². The molecular formula is C26H23Cl2NO5. The van der Waals surface area contributed by atoms with Crippen molar-refractivity contribution in [3.8, 4) is 11.5 Å². The van der Waals surface area contributed by atoms with Crippen LogP contribution in [0.2, 0.25) is 10.0 Å². The molecule has 3 aromatic carbocycles. The van der Waals surface area contributed by atoms with Gasteiger partial charge in [-0.05, 0) is 66.6 Å². The van der Waals surface area contributed by atoms with Crippen molar-refractivity contribution in [2.24, 2.45) is 0 Å². The van der Waals surface area contributed by atoms with E-state index in [1.165, 1.54) is 20.1 Å². The Morgan fingerprint density at radius 2 is 1.65 bits per heavy atom. The van der Waals surface area contributed by atoms with Gasteiger partial charge in [0.15, 0.2) is 6.10 Å². The van der Waals surface area contributed by atoms with Crippen molar-refractivity contribution in [1.82, 2.24) is 0 Å². The van der Waals surface area contributed by atoms with Crippen LogP contribution in [0.3, 0.4) is 0 Å². The third-order valence-corrected chi connectivity index (χ3v) is 5.18. The molecule has 0 saturated carbocycles. The van der Waals surface area contributed by atoms with Crippen molar-refractivity contribution in [3.63, 3.8) is 0 Å². The highest BCUT2D eigenvalue weighted by Crippen LogP contribution is 2.27. The molecule has 6 nitrogen and oxygen atoms in total. The van der Waals surface area contributed by atoms with Crippen LogP contribution in [0.25, 0.3) is 6.08 Å². The standard InChI is InChI=1S/C26H23Cl2NO5/c1-17(26(31)29-23-15-21(28)10-13-24(23)32-2)34-25(30)14-7-18-5-11-22(12-6-18)33-16-19-3-8-20(27)9-4-19/h3-15,17H,16H2,1-2H3,(H,29,31). The molecule has 1 N–H and O–H groups in total. The van der Waals surface area contributed by atoms with E-state index in [-0.39, 0.29) is 0 Å². The molecule has 0 aliphatic carbocycles. The van der Waals surface area contributed by atoms with Crippen molar-refractivity contribution in [2.75, 3.05) is 12.4 Å². The lowest BCUT2D eigenvalue weighted by Gasteiger charge is -2.14. The summed E-state index contributed by atoms with van der Waals surface area (Å²) in [4.78, 5) is 24.5. The molecule has 0 spiro atoms. The molecule has 0 aliphatic rings. The minimum Gasteiger partial charge on any atom is -0.495 e. The number of rotatable bonds is 9. The summed E-state index contributed by atoms with van der Waals surface area (Å²) in [5, 5.41) is 3.75. The minimum atomic E-state index is -1.02. The van der Waals surface area contributed by atoms with E-state index in [0.717, 1.165) is 11.1 Å². The quantitative estimate of drug-likeness (QED) is 0.281. The lowest BCUT2D eigenvalue weighted by atomic mass is 10.2. The third kappa shape index (κ3) is 7.54. The van der Waals surface area contributed by atoms with Gasteiger partial charge in [-0.25, -0.2) is 4.79 Å². The van der Waals surface area contributed by atoms with Crippen LogP contribution in [0, 0.1) is 0 Å². The number of nitrogens with one attached hydrogen (secondary N) is 1. The Kier molecular flexibility index (Phi) is 8.96. The minimum absolute atomic E-state index is 0.386. The van der Waals surface area contributed by atoms with Crippen LogP contribution in [0.15, 0.2) is 72.8 Å². The van der Waals surface area contributed by atoms with E-state index in [4.69, 9.17) is 37.4 Å². The van der Waals surface area contributed by atoms with Gasteiger partial charge in [0.2, 0.25) is 0 Å². The molecule has 34 heavy (non-hydrogen) atoms. The summed E-state index contributed by atoms with van der Waals surface area (Å²) in [5.74, 6) is -0.0264. The highest BCUT2D eigenvalue weighted by molar-refractivity contribution is 6.31. The van der Waals surface area contributed by atoms with Gasteiger partial charge in [0.1, 0.15) is 18.1 Å². The average molecular weight is 500 g/mol. The van der Waals surface area contributed by atoms with Crippen molar-refractivity contribution in [3.05, 3.63) is 94.0 Å². The Labute approximate surface area is 208 Å². The largest absolute Gasteiger partial charge is 0.495 e. The zero-order valence-electron chi connectivity index (χ0n) is 18.6. The number of amides is 1. The second-order valence-corrected chi connectivity index (χ2v) is 8.10. The first kappa shape index (κ1) is 25.1. The molecule has 0 heterocycles. The Balaban J connectivity index is 1.49. The van der Waals surface area contributed by atoms with Gasteiger partial charge in [0, 0.05) is 16.1 Å². The second-order valence-electron chi connectivity index (χ2n) is 7.23. The van der Waals surface area contributed by atoms with Crippen LogP contribution in [-0.2, 0) is 20.9 Å². The van der Waals surface area contributed by atoms with Crippen LogP contribution >= 0.6 is 23.2 Å². The van der Waals surface area contributed by atoms with Crippen LogP contribution in [0.1, 0.15) is 18.1 Å². The molecule has 176 valence electrons. The normalized spacial score (nSPS) is 11.6. The number of halogens is 2. The zero-order valence-corrected chi connectivity index (χ0v) is 20.1. The highest BCUT2D eigenvalue weighted by Gasteiger charge is 2.18. The Morgan fingerprint density at radius 1 is 0.971 bits per heavy atom. The van der Waals surface area contributed by atoms with E-state index in [9.17, 15) is 9.59 Å². The number of esters is 1. The van der Waals surface area contributed by atoms with E-state index < -0.39 is 18.0 Å². The number of anilines is 1. The van der Waals surface area contributed by atoms with E-state index in [0.29, 0.717) is 33.8 Å². The van der Waals surface area contributed by atoms with Gasteiger partial charge >= 0.3 is 5.97 Å². The Morgan fingerprint density at radius 3 is 2.32 bits per heavy atom. The van der Waals surface area contributed by atoms with Crippen LogP contribution in [-0.4, -0.2) is 25.1 Å². The van der Waals surface area contributed by atoms with Gasteiger partial charge in [-0.2, -0.15) is 0 Å². The van der Waals surface area contributed by atoms with Crippen molar-refractivity contribution >= 4 is 46.8 Å². The maximum Gasteiger partial charge on any atom is 0.331 e. The van der Waals surface area contributed by atoms with Gasteiger partial charge in [-0.3, -0.25) is 4.79 Å². The van der Waals surface area contributed by atoms with Crippen LogP contribution in [0.4, 0.5) is 5.69 Å². The highest BCUT2D eigenvalue weighted by atomic mass is 35.5. The third-order valence-electron chi connectivity index (χ3n) is 4.69. The molecule has 0 saturated heterocycles. The summed E-state index contributed by atoms with van der Waals surface area (Å²) in [5.41, 5.74) is 2.16. The maximum absolute atomic E-state index is 12.4. The fourth-order valence-corrected chi connectivity index (χ4v) is 3.16. The smallest absolute Gasteiger partial charge is 0.331 e. The number of methoxy groups -OCH3 is 1. The van der Waals surface area contributed by atoms with E-state index in [1.54, 1.807) is 36.4 Å². The predicted octanol–water partition coefficient (Wildman–Crippen LogP) is 6.16. The molecule has 0 aliphatic heterocycles. The summed E-state index contributed by atoms with van der Waals surface area (Å²) < 4.78 is 16.1. The fraction of sp³-hybridized carbons (Fsp3) is 0.154. The van der Waals surface area contributed by atoms with Gasteiger partial charge in [-0.15, -0.1) is 0 Å². The Bertz CT molecular complexity index is 1160. The molecule has 3 aromatic rings.